The molecule has 0 fully saturated rings. The van der Waals surface area contributed by atoms with Crippen molar-refractivity contribution in [3.05, 3.63) is 58.3 Å². The van der Waals surface area contributed by atoms with Crippen molar-refractivity contribution in [2.75, 3.05) is 5.32 Å². The number of benzene rings is 2. The van der Waals surface area contributed by atoms with Crippen LogP contribution in [-0.2, 0) is 6.54 Å². The molecule has 88 valence electrons. The summed E-state index contributed by atoms with van der Waals surface area (Å²) < 4.78 is 13.6. The van der Waals surface area contributed by atoms with Gasteiger partial charge in [0.1, 0.15) is 11.6 Å². The van der Waals surface area contributed by atoms with E-state index in [9.17, 15) is 4.39 Å². The number of aromatic hydroxyl groups is 1. The SMILES string of the molecule is Oc1ccc(CNc2ccc(F)cc2Br)cc1. The monoisotopic (exact) mass is 295 g/mol. The molecule has 2 nitrogen and oxygen atoms in total. The highest BCUT2D eigenvalue weighted by Gasteiger charge is 2.01. The molecule has 17 heavy (non-hydrogen) atoms. The number of phenolic OH excluding ortho intramolecular Hbond substituents is 1. The Morgan fingerprint density at radius 2 is 1.82 bits per heavy atom. The van der Waals surface area contributed by atoms with E-state index in [0.717, 1.165) is 11.3 Å². The van der Waals surface area contributed by atoms with Crippen molar-refractivity contribution in [2.45, 2.75) is 6.54 Å². The molecule has 0 saturated carbocycles. The van der Waals surface area contributed by atoms with Crippen LogP contribution in [0.1, 0.15) is 5.56 Å². The van der Waals surface area contributed by atoms with Crippen molar-refractivity contribution in [3.8, 4) is 5.75 Å². The van der Waals surface area contributed by atoms with Crippen LogP contribution in [0, 0.1) is 5.82 Å². The number of halogens is 2. The Morgan fingerprint density at radius 1 is 1.12 bits per heavy atom. The summed E-state index contributed by atoms with van der Waals surface area (Å²) in [7, 11) is 0. The summed E-state index contributed by atoms with van der Waals surface area (Å²) in [5.74, 6) is -0.0243. The summed E-state index contributed by atoms with van der Waals surface area (Å²) in [6.45, 7) is 0.616. The van der Waals surface area contributed by atoms with Crippen LogP contribution in [0.25, 0.3) is 0 Å². The number of hydrogen-bond donors (Lipinski definition) is 2. The molecule has 0 heterocycles. The van der Waals surface area contributed by atoms with Crippen LogP contribution in [-0.4, -0.2) is 5.11 Å². The molecular formula is C13H11BrFNO. The highest BCUT2D eigenvalue weighted by molar-refractivity contribution is 9.10. The second kappa shape index (κ2) is 5.19. The standard InChI is InChI=1S/C13H11BrFNO/c14-12-7-10(15)3-6-13(12)16-8-9-1-4-11(17)5-2-9/h1-7,16-17H,8H2. The van der Waals surface area contributed by atoms with E-state index >= 15 is 0 Å². The minimum atomic E-state index is -0.271. The minimum Gasteiger partial charge on any atom is -0.508 e. The summed E-state index contributed by atoms with van der Waals surface area (Å²) in [5, 5.41) is 12.3. The van der Waals surface area contributed by atoms with Gasteiger partial charge in [0.15, 0.2) is 0 Å². The molecule has 0 saturated heterocycles. The molecule has 0 aliphatic carbocycles. The third-order valence-electron chi connectivity index (χ3n) is 2.35. The van der Waals surface area contributed by atoms with E-state index in [1.165, 1.54) is 12.1 Å². The van der Waals surface area contributed by atoms with Crippen molar-refractivity contribution in [1.29, 1.82) is 0 Å². The minimum absolute atomic E-state index is 0.247. The van der Waals surface area contributed by atoms with Gasteiger partial charge in [0.05, 0.1) is 0 Å². The Kier molecular flexibility index (Phi) is 3.64. The number of hydrogen-bond acceptors (Lipinski definition) is 2. The van der Waals surface area contributed by atoms with Gasteiger partial charge in [-0.15, -0.1) is 0 Å². The van der Waals surface area contributed by atoms with Crippen molar-refractivity contribution >= 4 is 21.6 Å². The highest BCUT2D eigenvalue weighted by Crippen LogP contribution is 2.23. The van der Waals surface area contributed by atoms with Crippen LogP contribution in [0.4, 0.5) is 10.1 Å². The zero-order valence-corrected chi connectivity index (χ0v) is 10.5. The van der Waals surface area contributed by atoms with Gasteiger partial charge in [-0.25, -0.2) is 4.39 Å². The van der Waals surface area contributed by atoms with Crippen molar-refractivity contribution < 1.29 is 9.50 Å². The third-order valence-corrected chi connectivity index (χ3v) is 3.01. The first-order valence-electron chi connectivity index (χ1n) is 5.12. The number of phenols is 1. The van der Waals surface area contributed by atoms with Crippen LogP contribution in [0.3, 0.4) is 0 Å². The molecule has 0 spiro atoms. The number of rotatable bonds is 3. The van der Waals surface area contributed by atoms with Crippen molar-refractivity contribution in [2.24, 2.45) is 0 Å². The maximum absolute atomic E-state index is 12.9. The molecule has 2 aromatic carbocycles. The third kappa shape index (κ3) is 3.20. The number of anilines is 1. The Balaban J connectivity index is 2.04. The van der Waals surface area contributed by atoms with E-state index in [0.29, 0.717) is 11.0 Å². The Morgan fingerprint density at radius 3 is 2.47 bits per heavy atom. The largest absolute Gasteiger partial charge is 0.508 e. The van der Waals surface area contributed by atoms with E-state index in [1.807, 2.05) is 12.1 Å². The summed E-state index contributed by atoms with van der Waals surface area (Å²) in [5.41, 5.74) is 1.87. The predicted octanol–water partition coefficient (Wildman–Crippen LogP) is 3.91. The highest BCUT2D eigenvalue weighted by atomic mass is 79.9. The zero-order valence-electron chi connectivity index (χ0n) is 8.95. The summed E-state index contributed by atoms with van der Waals surface area (Å²) >= 11 is 3.29. The Bertz CT molecular complexity index is 513. The topological polar surface area (TPSA) is 32.3 Å². The molecular weight excluding hydrogens is 285 g/mol. The van der Waals surface area contributed by atoms with E-state index in [2.05, 4.69) is 21.2 Å². The van der Waals surface area contributed by atoms with Gasteiger partial charge in [0.2, 0.25) is 0 Å². The van der Waals surface area contributed by atoms with Gasteiger partial charge in [-0.05, 0) is 51.8 Å². The lowest BCUT2D eigenvalue weighted by atomic mass is 10.2. The van der Waals surface area contributed by atoms with Gasteiger partial charge in [0, 0.05) is 16.7 Å². The molecule has 0 bridgehead atoms. The molecule has 0 unspecified atom stereocenters. The maximum Gasteiger partial charge on any atom is 0.124 e. The second-order valence-electron chi connectivity index (χ2n) is 3.64. The molecule has 0 aromatic heterocycles. The Hall–Kier alpha value is -1.55. The molecule has 0 atom stereocenters. The second-order valence-corrected chi connectivity index (χ2v) is 4.50. The first-order chi connectivity index (χ1) is 8.15. The van der Waals surface area contributed by atoms with Crippen molar-refractivity contribution in [3.63, 3.8) is 0 Å². The molecule has 2 N–H and O–H groups in total. The Labute approximate surface area is 107 Å². The lowest BCUT2D eigenvalue weighted by Crippen LogP contribution is -1.99. The van der Waals surface area contributed by atoms with Crippen LogP contribution < -0.4 is 5.32 Å². The molecule has 2 rings (SSSR count). The fourth-order valence-electron chi connectivity index (χ4n) is 1.44. The van der Waals surface area contributed by atoms with Gasteiger partial charge < -0.3 is 10.4 Å². The molecule has 0 aliphatic heterocycles. The van der Waals surface area contributed by atoms with Gasteiger partial charge in [-0.2, -0.15) is 0 Å². The fraction of sp³-hybridized carbons (Fsp3) is 0.0769. The molecule has 0 aliphatic rings. The lowest BCUT2D eigenvalue weighted by molar-refractivity contribution is 0.475. The normalized spacial score (nSPS) is 10.2. The zero-order chi connectivity index (χ0) is 12.3. The van der Waals surface area contributed by atoms with E-state index in [4.69, 9.17) is 5.11 Å². The smallest absolute Gasteiger partial charge is 0.124 e. The van der Waals surface area contributed by atoms with Crippen LogP contribution in [0.5, 0.6) is 5.75 Å². The summed E-state index contributed by atoms with van der Waals surface area (Å²) in [4.78, 5) is 0. The van der Waals surface area contributed by atoms with Gasteiger partial charge >= 0.3 is 0 Å². The van der Waals surface area contributed by atoms with Crippen molar-refractivity contribution in [1.82, 2.24) is 0 Å². The molecule has 2 aromatic rings. The first kappa shape index (κ1) is 11.9. The van der Waals surface area contributed by atoms with Crippen LogP contribution in [0.15, 0.2) is 46.9 Å². The maximum atomic E-state index is 12.9. The van der Waals surface area contributed by atoms with Gasteiger partial charge in [0.25, 0.3) is 0 Å². The van der Waals surface area contributed by atoms with Crippen LogP contribution in [0.2, 0.25) is 0 Å². The molecule has 4 heteroatoms. The van der Waals surface area contributed by atoms with Gasteiger partial charge in [-0.3, -0.25) is 0 Å². The predicted molar refractivity (Wildman–Crippen MR) is 69.5 cm³/mol. The average molecular weight is 296 g/mol. The number of nitrogens with one attached hydrogen (secondary N) is 1. The van der Waals surface area contributed by atoms with Crippen LogP contribution >= 0.6 is 15.9 Å². The lowest BCUT2D eigenvalue weighted by Gasteiger charge is -2.08. The van der Waals surface area contributed by atoms with E-state index in [-0.39, 0.29) is 11.6 Å². The quantitative estimate of drug-likeness (QED) is 0.900. The molecule has 0 amide bonds. The van der Waals surface area contributed by atoms with E-state index < -0.39 is 0 Å². The van der Waals surface area contributed by atoms with Gasteiger partial charge in [-0.1, -0.05) is 12.1 Å². The fourth-order valence-corrected chi connectivity index (χ4v) is 1.93. The van der Waals surface area contributed by atoms with E-state index in [1.54, 1.807) is 18.2 Å². The molecule has 0 radical (unpaired) electrons. The summed E-state index contributed by atoms with van der Waals surface area (Å²) in [6, 6.07) is 11.4. The summed E-state index contributed by atoms with van der Waals surface area (Å²) in [6.07, 6.45) is 0. The average Bonchev–Trinajstić information content (AvgIpc) is 2.30. The first-order valence-corrected chi connectivity index (χ1v) is 5.91.